The summed E-state index contributed by atoms with van der Waals surface area (Å²) in [6.45, 7) is 4.80. The van der Waals surface area contributed by atoms with Crippen LogP contribution in [0.2, 0.25) is 0 Å². The lowest BCUT2D eigenvalue weighted by molar-refractivity contribution is 0.00190. The summed E-state index contributed by atoms with van der Waals surface area (Å²) in [5, 5.41) is 13.7. The molecule has 7 heteroatoms. The second-order valence-corrected chi connectivity index (χ2v) is 7.72. The number of nitrogens with one attached hydrogen (secondary N) is 2. The maximum atomic E-state index is 12.6. The topological polar surface area (TPSA) is 87.1 Å². The Bertz CT molecular complexity index is 949. The number of rotatable bonds is 4. The quantitative estimate of drug-likeness (QED) is 0.717. The van der Waals surface area contributed by atoms with Crippen LogP contribution in [0.4, 0.5) is 0 Å². The Balaban J connectivity index is 1.83. The van der Waals surface area contributed by atoms with E-state index in [0.29, 0.717) is 34.3 Å². The maximum Gasteiger partial charge on any atom is 0.262 e. The van der Waals surface area contributed by atoms with Gasteiger partial charge in [-0.15, -0.1) is 0 Å². The second kappa shape index (κ2) is 7.32. The SMILES string of the molecule is CCn1c(=S)[nH]c2cc(C(=O)NCC3(C)CCCCC3O)ccc2c1=O. The van der Waals surface area contributed by atoms with Crippen molar-refractivity contribution in [3.8, 4) is 0 Å². The van der Waals surface area contributed by atoms with Gasteiger partial charge in [-0.3, -0.25) is 14.2 Å². The first-order chi connectivity index (χ1) is 12.4. The van der Waals surface area contributed by atoms with Crippen LogP contribution in [-0.2, 0) is 6.54 Å². The summed E-state index contributed by atoms with van der Waals surface area (Å²) < 4.78 is 1.84. The first kappa shape index (κ1) is 18.8. The van der Waals surface area contributed by atoms with Crippen LogP contribution >= 0.6 is 12.2 Å². The molecule has 1 saturated carbocycles. The van der Waals surface area contributed by atoms with E-state index >= 15 is 0 Å². The van der Waals surface area contributed by atoms with Gasteiger partial charge in [0.05, 0.1) is 17.0 Å². The van der Waals surface area contributed by atoms with Gasteiger partial charge in [0, 0.05) is 24.1 Å². The fourth-order valence-electron chi connectivity index (χ4n) is 3.65. The monoisotopic (exact) mass is 375 g/mol. The van der Waals surface area contributed by atoms with Crippen LogP contribution in [0.15, 0.2) is 23.0 Å². The summed E-state index contributed by atoms with van der Waals surface area (Å²) >= 11 is 5.22. The van der Waals surface area contributed by atoms with Crippen LogP contribution in [0.1, 0.15) is 49.9 Å². The molecule has 1 aromatic carbocycles. The molecular formula is C19H25N3O3S. The van der Waals surface area contributed by atoms with E-state index in [1.54, 1.807) is 18.2 Å². The molecular weight excluding hydrogens is 350 g/mol. The van der Waals surface area contributed by atoms with E-state index in [4.69, 9.17) is 12.2 Å². The highest BCUT2D eigenvalue weighted by Crippen LogP contribution is 2.35. The number of aromatic amines is 1. The molecule has 0 bridgehead atoms. The second-order valence-electron chi connectivity index (χ2n) is 7.34. The number of nitrogens with zero attached hydrogens (tertiary/aromatic N) is 1. The summed E-state index contributed by atoms with van der Waals surface area (Å²) in [4.78, 5) is 28.0. The molecule has 2 aromatic rings. The van der Waals surface area contributed by atoms with Crippen molar-refractivity contribution < 1.29 is 9.90 Å². The van der Waals surface area contributed by atoms with Crippen molar-refractivity contribution in [2.24, 2.45) is 5.41 Å². The standard InChI is InChI=1S/C19H25N3O3S/c1-3-22-17(25)13-8-7-12(10-14(13)21-18(22)26)16(24)20-11-19(2)9-5-4-6-15(19)23/h7-8,10,15,23H,3-6,9,11H2,1-2H3,(H,20,24)(H,21,26). The highest BCUT2D eigenvalue weighted by molar-refractivity contribution is 7.71. The Kier molecular flexibility index (Phi) is 5.29. The molecule has 1 heterocycles. The van der Waals surface area contributed by atoms with Crippen LogP contribution in [0.3, 0.4) is 0 Å². The molecule has 0 aliphatic heterocycles. The Morgan fingerprint density at radius 1 is 1.46 bits per heavy atom. The van der Waals surface area contributed by atoms with Gasteiger partial charge < -0.3 is 15.4 Å². The molecule has 0 spiro atoms. The summed E-state index contributed by atoms with van der Waals surface area (Å²) in [6, 6.07) is 4.96. The molecule has 1 aromatic heterocycles. The molecule has 1 fully saturated rings. The van der Waals surface area contributed by atoms with Gasteiger partial charge in [-0.1, -0.05) is 19.8 Å². The summed E-state index contributed by atoms with van der Waals surface area (Å²) in [6.07, 6.45) is 3.39. The lowest BCUT2D eigenvalue weighted by atomic mass is 9.73. The third-order valence-electron chi connectivity index (χ3n) is 5.49. The van der Waals surface area contributed by atoms with E-state index in [9.17, 15) is 14.7 Å². The summed E-state index contributed by atoms with van der Waals surface area (Å²) in [5.41, 5.74) is 0.572. The average molecular weight is 375 g/mol. The Morgan fingerprint density at radius 2 is 2.23 bits per heavy atom. The minimum atomic E-state index is -0.392. The Labute approximate surface area is 157 Å². The van der Waals surface area contributed by atoms with Crippen molar-refractivity contribution in [1.82, 2.24) is 14.9 Å². The van der Waals surface area contributed by atoms with E-state index in [0.717, 1.165) is 25.7 Å². The number of aliphatic hydroxyl groups is 1. The lowest BCUT2D eigenvalue weighted by Gasteiger charge is -2.38. The predicted molar refractivity (Wildman–Crippen MR) is 104 cm³/mol. The van der Waals surface area contributed by atoms with Gasteiger partial charge in [-0.05, 0) is 50.2 Å². The third-order valence-corrected chi connectivity index (χ3v) is 5.82. The Hall–Kier alpha value is -1.99. The molecule has 1 amide bonds. The molecule has 140 valence electrons. The van der Waals surface area contributed by atoms with Gasteiger partial charge in [-0.25, -0.2) is 0 Å². The van der Waals surface area contributed by atoms with Crippen molar-refractivity contribution in [2.75, 3.05) is 6.54 Å². The van der Waals surface area contributed by atoms with Gasteiger partial charge in [0.2, 0.25) is 0 Å². The van der Waals surface area contributed by atoms with Gasteiger partial charge in [0.25, 0.3) is 11.5 Å². The number of H-pyrrole nitrogens is 1. The highest BCUT2D eigenvalue weighted by atomic mass is 32.1. The minimum Gasteiger partial charge on any atom is -0.392 e. The molecule has 1 aliphatic rings. The normalized spacial score (nSPS) is 23.1. The van der Waals surface area contributed by atoms with Crippen molar-refractivity contribution in [1.29, 1.82) is 0 Å². The van der Waals surface area contributed by atoms with Crippen molar-refractivity contribution in [3.05, 3.63) is 38.9 Å². The average Bonchev–Trinajstić information content (AvgIpc) is 2.62. The minimum absolute atomic E-state index is 0.156. The maximum absolute atomic E-state index is 12.6. The number of amides is 1. The van der Waals surface area contributed by atoms with Crippen molar-refractivity contribution in [3.63, 3.8) is 0 Å². The van der Waals surface area contributed by atoms with Gasteiger partial charge >= 0.3 is 0 Å². The fourth-order valence-corrected chi connectivity index (χ4v) is 3.98. The number of carbonyl (C=O) groups excluding carboxylic acids is 1. The molecule has 6 nitrogen and oxygen atoms in total. The van der Waals surface area contributed by atoms with E-state index in [-0.39, 0.29) is 16.9 Å². The zero-order valence-electron chi connectivity index (χ0n) is 15.2. The summed E-state index contributed by atoms with van der Waals surface area (Å²) in [5.74, 6) is -0.218. The number of fused-ring (bicyclic) bond motifs is 1. The van der Waals surface area contributed by atoms with E-state index in [1.165, 1.54) is 4.57 Å². The predicted octanol–water partition coefficient (Wildman–Crippen LogP) is 2.75. The first-order valence-electron chi connectivity index (χ1n) is 9.09. The molecule has 2 unspecified atom stereocenters. The van der Waals surface area contributed by atoms with Crippen molar-refractivity contribution >= 4 is 29.0 Å². The number of carbonyl (C=O) groups is 1. The van der Waals surface area contributed by atoms with Crippen LogP contribution in [-0.4, -0.2) is 33.2 Å². The van der Waals surface area contributed by atoms with Crippen LogP contribution in [0.25, 0.3) is 10.9 Å². The van der Waals surface area contributed by atoms with Gasteiger partial charge in [-0.2, -0.15) is 0 Å². The number of aliphatic hydroxyl groups excluding tert-OH is 1. The van der Waals surface area contributed by atoms with Crippen LogP contribution in [0.5, 0.6) is 0 Å². The Morgan fingerprint density at radius 3 is 2.92 bits per heavy atom. The molecule has 3 N–H and O–H groups in total. The van der Waals surface area contributed by atoms with E-state index in [1.807, 2.05) is 13.8 Å². The zero-order chi connectivity index (χ0) is 18.9. The first-order valence-corrected chi connectivity index (χ1v) is 9.49. The fraction of sp³-hybridized carbons (Fsp3) is 0.526. The number of aromatic nitrogens is 2. The molecule has 2 atom stereocenters. The molecule has 0 radical (unpaired) electrons. The molecule has 3 rings (SSSR count). The highest BCUT2D eigenvalue weighted by Gasteiger charge is 2.35. The van der Waals surface area contributed by atoms with Gasteiger partial charge in [0.1, 0.15) is 0 Å². The number of benzene rings is 1. The summed E-state index contributed by atoms with van der Waals surface area (Å²) in [7, 11) is 0. The zero-order valence-corrected chi connectivity index (χ0v) is 16.0. The number of hydrogen-bond acceptors (Lipinski definition) is 4. The van der Waals surface area contributed by atoms with Crippen LogP contribution in [0, 0.1) is 10.2 Å². The van der Waals surface area contributed by atoms with Gasteiger partial charge in [0.15, 0.2) is 4.77 Å². The molecule has 26 heavy (non-hydrogen) atoms. The largest absolute Gasteiger partial charge is 0.392 e. The van der Waals surface area contributed by atoms with E-state index < -0.39 is 6.10 Å². The van der Waals surface area contributed by atoms with Crippen molar-refractivity contribution in [2.45, 2.75) is 52.2 Å². The van der Waals surface area contributed by atoms with Crippen LogP contribution < -0.4 is 10.9 Å². The number of hydrogen-bond donors (Lipinski definition) is 3. The third kappa shape index (κ3) is 3.46. The van der Waals surface area contributed by atoms with E-state index in [2.05, 4.69) is 10.3 Å². The molecule has 0 saturated heterocycles. The molecule has 1 aliphatic carbocycles. The lowest BCUT2D eigenvalue weighted by Crippen LogP contribution is -2.45. The smallest absolute Gasteiger partial charge is 0.262 e.